The SMILES string of the molecule is Cn1cnc2c1c(=O)[nH]c(=O)n2CC(Cl)(Cl)Cl. The average Bonchev–Trinajstić information content (AvgIpc) is 2.54. The molecule has 0 amide bonds. The first-order valence-corrected chi connectivity index (χ1v) is 5.64. The Kier molecular flexibility index (Phi) is 2.97. The number of aromatic amines is 1. The molecule has 0 unspecified atom stereocenters. The van der Waals surface area contributed by atoms with Crippen molar-refractivity contribution in [2.24, 2.45) is 7.05 Å². The van der Waals surface area contributed by atoms with Crippen molar-refractivity contribution >= 4 is 46.0 Å². The Labute approximate surface area is 110 Å². The molecule has 17 heavy (non-hydrogen) atoms. The van der Waals surface area contributed by atoms with E-state index in [1.807, 2.05) is 0 Å². The molecule has 0 fully saturated rings. The lowest BCUT2D eigenvalue weighted by Gasteiger charge is -2.12. The van der Waals surface area contributed by atoms with Crippen molar-refractivity contribution < 1.29 is 0 Å². The Hall–Kier alpha value is -0.980. The van der Waals surface area contributed by atoms with E-state index in [4.69, 9.17) is 34.8 Å². The smallest absolute Gasteiger partial charge is 0.328 e. The van der Waals surface area contributed by atoms with Crippen molar-refractivity contribution in [3.05, 3.63) is 27.2 Å². The highest BCUT2D eigenvalue weighted by atomic mass is 35.6. The van der Waals surface area contributed by atoms with Gasteiger partial charge >= 0.3 is 5.69 Å². The fraction of sp³-hybridized carbons (Fsp3) is 0.375. The van der Waals surface area contributed by atoms with E-state index in [1.54, 1.807) is 7.05 Å². The number of fused-ring (bicyclic) bond motifs is 1. The second-order valence-electron chi connectivity index (χ2n) is 3.49. The van der Waals surface area contributed by atoms with Gasteiger partial charge in [-0.1, -0.05) is 34.8 Å². The number of alkyl halides is 3. The van der Waals surface area contributed by atoms with E-state index in [-0.39, 0.29) is 17.7 Å². The highest BCUT2D eigenvalue weighted by Gasteiger charge is 2.23. The third kappa shape index (κ3) is 2.34. The summed E-state index contributed by atoms with van der Waals surface area (Å²) in [5.41, 5.74) is -0.746. The van der Waals surface area contributed by atoms with Crippen molar-refractivity contribution in [1.29, 1.82) is 0 Å². The second-order valence-corrected chi connectivity index (χ2v) is 6.00. The predicted octanol–water partition coefficient (Wildman–Crippen LogP) is 0.794. The number of aromatic nitrogens is 4. The second kappa shape index (κ2) is 4.04. The molecule has 9 heteroatoms. The van der Waals surface area contributed by atoms with Crippen molar-refractivity contribution in [1.82, 2.24) is 19.1 Å². The number of hydrogen-bond donors (Lipinski definition) is 1. The highest BCUT2D eigenvalue weighted by Crippen LogP contribution is 2.27. The van der Waals surface area contributed by atoms with Gasteiger partial charge in [-0.05, 0) is 0 Å². The van der Waals surface area contributed by atoms with E-state index in [9.17, 15) is 9.59 Å². The van der Waals surface area contributed by atoms with E-state index in [0.29, 0.717) is 0 Å². The molecule has 0 saturated heterocycles. The Morgan fingerprint density at radius 1 is 1.41 bits per heavy atom. The van der Waals surface area contributed by atoms with Crippen LogP contribution in [0.25, 0.3) is 11.2 Å². The minimum Gasteiger partial charge on any atom is -0.328 e. The molecular formula is C8H7Cl3N4O2. The molecule has 0 radical (unpaired) electrons. The number of hydrogen-bond acceptors (Lipinski definition) is 3. The predicted molar refractivity (Wildman–Crippen MR) is 65.9 cm³/mol. The molecule has 2 aromatic heterocycles. The standard InChI is InChI=1S/C8H7Cl3N4O2/c1-14-3-12-5-4(14)6(16)13-7(17)15(5)2-8(9,10)11/h3H,2H2,1H3,(H,13,16,17). The summed E-state index contributed by atoms with van der Waals surface area (Å²) in [5.74, 6) is 0. The highest BCUT2D eigenvalue weighted by molar-refractivity contribution is 6.67. The first-order chi connectivity index (χ1) is 7.79. The third-order valence-electron chi connectivity index (χ3n) is 2.19. The van der Waals surface area contributed by atoms with Crippen LogP contribution in [-0.2, 0) is 13.6 Å². The van der Waals surface area contributed by atoms with Crippen molar-refractivity contribution in [3.8, 4) is 0 Å². The van der Waals surface area contributed by atoms with Crippen LogP contribution in [0.5, 0.6) is 0 Å². The van der Waals surface area contributed by atoms with Gasteiger partial charge in [0.05, 0.1) is 12.9 Å². The van der Waals surface area contributed by atoms with Crippen LogP contribution in [0.2, 0.25) is 0 Å². The fourth-order valence-corrected chi connectivity index (χ4v) is 1.88. The largest absolute Gasteiger partial charge is 0.330 e. The molecule has 6 nitrogen and oxygen atoms in total. The Morgan fingerprint density at radius 2 is 2.06 bits per heavy atom. The van der Waals surface area contributed by atoms with E-state index < -0.39 is 15.0 Å². The molecule has 0 spiro atoms. The zero-order valence-corrected chi connectivity index (χ0v) is 10.8. The number of H-pyrrole nitrogens is 1. The van der Waals surface area contributed by atoms with Crippen molar-refractivity contribution in [2.45, 2.75) is 10.3 Å². The maximum absolute atomic E-state index is 11.6. The number of nitrogens with one attached hydrogen (secondary N) is 1. The van der Waals surface area contributed by atoms with Crippen LogP contribution in [0.15, 0.2) is 15.9 Å². The molecule has 2 heterocycles. The summed E-state index contributed by atoms with van der Waals surface area (Å²) in [5, 5.41) is 0. The molecule has 2 aromatic rings. The van der Waals surface area contributed by atoms with Gasteiger partial charge in [0.15, 0.2) is 11.2 Å². The average molecular weight is 298 g/mol. The zero-order chi connectivity index (χ0) is 12.8. The summed E-state index contributed by atoms with van der Waals surface area (Å²) in [4.78, 5) is 29.3. The van der Waals surface area contributed by atoms with Crippen molar-refractivity contribution in [3.63, 3.8) is 0 Å². The molecule has 92 valence electrons. The lowest BCUT2D eigenvalue weighted by atomic mass is 10.5. The van der Waals surface area contributed by atoms with Crippen LogP contribution in [0, 0.1) is 0 Å². The van der Waals surface area contributed by atoms with E-state index in [1.165, 1.54) is 10.9 Å². The van der Waals surface area contributed by atoms with Crippen LogP contribution < -0.4 is 11.2 Å². The minimum absolute atomic E-state index is 0.188. The minimum atomic E-state index is -1.65. The Morgan fingerprint density at radius 3 is 2.65 bits per heavy atom. The van der Waals surface area contributed by atoms with Crippen LogP contribution in [0.3, 0.4) is 0 Å². The number of rotatable bonds is 1. The molecule has 1 N–H and O–H groups in total. The number of imidazole rings is 1. The van der Waals surface area contributed by atoms with Crippen LogP contribution in [0.1, 0.15) is 0 Å². The van der Waals surface area contributed by atoms with Gasteiger partial charge in [0.25, 0.3) is 5.56 Å². The molecule has 0 aromatic carbocycles. The zero-order valence-electron chi connectivity index (χ0n) is 8.58. The quantitative estimate of drug-likeness (QED) is 0.791. The third-order valence-corrected chi connectivity index (χ3v) is 2.55. The van der Waals surface area contributed by atoms with E-state index in [0.717, 1.165) is 4.57 Å². The molecule has 0 atom stereocenters. The summed E-state index contributed by atoms with van der Waals surface area (Å²) in [6.07, 6.45) is 1.41. The summed E-state index contributed by atoms with van der Waals surface area (Å²) < 4.78 is 0.957. The molecule has 0 aliphatic rings. The van der Waals surface area contributed by atoms with E-state index in [2.05, 4.69) is 9.97 Å². The monoisotopic (exact) mass is 296 g/mol. The summed E-state index contributed by atoms with van der Waals surface area (Å²) >= 11 is 16.9. The number of nitrogens with zero attached hydrogens (tertiary/aromatic N) is 3. The maximum atomic E-state index is 11.6. The van der Waals surface area contributed by atoms with Crippen molar-refractivity contribution in [2.75, 3.05) is 0 Å². The topological polar surface area (TPSA) is 72.7 Å². The van der Waals surface area contributed by atoms with Gasteiger partial charge in [-0.3, -0.25) is 14.3 Å². The van der Waals surface area contributed by atoms with Gasteiger partial charge in [0.2, 0.25) is 3.79 Å². The lowest BCUT2D eigenvalue weighted by molar-refractivity contribution is 0.681. The number of halogens is 3. The summed E-state index contributed by atoms with van der Waals surface area (Å²) in [6, 6.07) is 0. The van der Waals surface area contributed by atoms with Gasteiger partial charge in [-0.2, -0.15) is 0 Å². The summed E-state index contributed by atoms with van der Waals surface area (Å²) in [7, 11) is 1.63. The van der Waals surface area contributed by atoms with Crippen LogP contribution in [-0.4, -0.2) is 22.9 Å². The van der Waals surface area contributed by atoms with Gasteiger partial charge in [-0.15, -0.1) is 0 Å². The Balaban J connectivity index is 2.79. The number of aryl methyl sites for hydroxylation is 1. The molecular weight excluding hydrogens is 290 g/mol. The normalized spacial score (nSPS) is 12.2. The summed E-state index contributed by atoms with van der Waals surface area (Å²) in [6.45, 7) is -0.194. The first-order valence-electron chi connectivity index (χ1n) is 4.50. The van der Waals surface area contributed by atoms with Gasteiger partial charge in [0.1, 0.15) is 0 Å². The fourth-order valence-electron chi connectivity index (χ4n) is 1.52. The van der Waals surface area contributed by atoms with Gasteiger partial charge in [0, 0.05) is 7.05 Å². The molecule has 2 rings (SSSR count). The van der Waals surface area contributed by atoms with E-state index >= 15 is 0 Å². The van der Waals surface area contributed by atoms with Crippen LogP contribution in [0.4, 0.5) is 0 Å². The van der Waals surface area contributed by atoms with Gasteiger partial charge < -0.3 is 4.57 Å². The molecule has 0 saturated carbocycles. The molecule has 0 aliphatic heterocycles. The van der Waals surface area contributed by atoms with Gasteiger partial charge in [-0.25, -0.2) is 9.78 Å². The first kappa shape index (κ1) is 12.5. The Bertz CT molecular complexity index is 679. The molecule has 0 bridgehead atoms. The molecule has 0 aliphatic carbocycles. The lowest BCUT2D eigenvalue weighted by Crippen LogP contribution is -2.34. The van der Waals surface area contributed by atoms with Crippen LogP contribution >= 0.6 is 34.8 Å². The maximum Gasteiger partial charge on any atom is 0.330 e.